The maximum Gasteiger partial charge on any atom is 0.335 e. The quantitative estimate of drug-likeness (QED) is 0.916. The third-order valence-corrected chi connectivity index (χ3v) is 2.45. The van der Waals surface area contributed by atoms with Crippen molar-refractivity contribution in [2.24, 2.45) is 0 Å². The van der Waals surface area contributed by atoms with Gasteiger partial charge in [0.2, 0.25) is 0 Å². The van der Waals surface area contributed by atoms with Gasteiger partial charge in [-0.1, -0.05) is 13.8 Å². The molecule has 1 aromatic rings. The van der Waals surface area contributed by atoms with Gasteiger partial charge < -0.3 is 14.6 Å². The second-order valence-electron chi connectivity index (χ2n) is 3.74. The SMILES string of the molecule is CC.COc1cc(C(=O)O)ccc1OC1CC1(F)F. The Bertz CT molecular complexity index is 460. The molecule has 1 fully saturated rings. The predicted molar refractivity (Wildman–Crippen MR) is 65.3 cm³/mol. The van der Waals surface area contributed by atoms with E-state index in [9.17, 15) is 13.6 Å². The number of halogens is 2. The van der Waals surface area contributed by atoms with Crippen LogP contribution in [0.15, 0.2) is 18.2 Å². The number of aromatic carboxylic acids is 1. The second-order valence-corrected chi connectivity index (χ2v) is 3.74. The summed E-state index contributed by atoms with van der Waals surface area (Å²) in [5.74, 6) is -3.66. The molecule has 1 aromatic carbocycles. The van der Waals surface area contributed by atoms with Gasteiger partial charge in [0.15, 0.2) is 17.6 Å². The number of hydrogen-bond acceptors (Lipinski definition) is 3. The molecule has 0 aliphatic heterocycles. The number of alkyl halides is 2. The van der Waals surface area contributed by atoms with Crippen LogP contribution in [0.4, 0.5) is 8.78 Å². The minimum absolute atomic E-state index is 0.0109. The van der Waals surface area contributed by atoms with E-state index in [-0.39, 0.29) is 23.5 Å². The summed E-state index contributed by atoms with van der Waals surface area (Å²) in [5, 5.41) is 8.76. The highest BCUT2D eigenvalue weighted by molar-refractivity contribution is 5.88. The third-order valence-electron chi connectivity index (χ3n) is 2.45. The molecule has 1 aliphatic carbocycles. The van der Waals surface area contributed by atoms with E-state index in [4.69, 9.17) is 14.6 Å². The van der Waals surface area contributed by atoms with Gasteiger partial charge in [-0.25, -0.2) is 13.6 Å². The van der Waals surface area contributed by atoms with Crippen LogP contribution in [0.2, 0.25) is 0 Å². The standard InChI is InChI=1S/C11H10F2O4.C2H6/c1-16-8-4-6(10(14)15)2-3-7(8)17-9-5-11(9,12)13;1-2/h2-4,9H,5H2,1H3,(H,14,15);1-2H3. The zero-order valence-electron chi connectivity index (χ0n) is 10.9. The fraction of sp³-hybridized carbons (Fsp3) is 0.462. The average molecular weight is 274 g/mol. The number of benzene rings is 1. The van der Waals surface area contributed by atoms with Gasteiger partial charge in [0, 0.05) is 0 Å². The van der Waals surface area contributed by atoms with Gasteiger partial charge in [-0.15, -0.1) is 0 Å². The highest BCUT2D eigenvalue weighted by atomic mass is 19.3. The van der Waals surface area contributed by atoms with Crippen molar-refractivity contribution in [3.05, 3.63) is 23.8 Å². The molecule has 6 heteroatoms. The molecule has 106 valence electrons. The minimum atomic E-state index is -2.80. The van der Waals surface area contributed by atoms with E-state index >= 15 is 0 Å². The van der Waals surface area contributed by atoms with Crippen LogP contribution in [0.1, 0.15) is 30.6 Å². The predicted octanol–water partition coefficient (Wildman–Crippen LogP) is 3.21. The molecule has 1 saturated carbocycles. The summed E-state index contributed by atoms with van der Waals surface area (Å²) >= 11 is 0. The van der Waals surface area contributed by atoms with Crippen molar-refractivity contribution in [3.8, 4) is 11.5 Å². The highest BCUT2D eigenvalue weighted by Gasteiger charge is 2.60. The molecule has 0 bridgehead atoms. The lowest BCUT2D eigenvalue weighted by Gasteiger charge is -2.10. The molecule has 0 radical (unpaired) electrons. The van der Waals surface area contributed by atoms with Gasteiger partial charge in [-0.2, -0.15) is 0 Å². The molecule has 1 N–H and O–H groups in total. The molecule has 1 atom stereocenters. The van der Waals surface area contributed by atoms with Gasteiger partial charge >= 0.3 is 5.97 Å². The molecule has 4 nitrogen and oxygen atoms in total. The van der Waals surface area contributed by atoms with Crippen molar-refractivity contribution in [2.45, 2.75) is 32.3 Å². The van der Waals surface area contributed by atoms with Crippen LogP contribution in [-0.4, -0.2) is 30.2 Å². The molecular formula is C13H16F2O4. The van der Waals surface area contributed by atoms with Crippen molar-refractivity contribution in [1.29, 1.82) is 0 Å². The van der Waals surface area contributed by atoms with Crippen molar-refractivity contribution < 1.29 is 28.2 Å². The normalized spacial score (nSPS) is 18.9. The van der Waals surface area contributed by atoms with Crippen LogP contribution in [0.3, 0.4) is 0 Å². The fourth-order valence-electron chi connectivity index (χ4n) is 1.37. The average Bonchev–Trinajstić information content (AvgIpc) is 2.99. The van der Waals surface area contributed by atoms with Crippen LogP contribution in [0, 0.1) is 0 Å². The molecule has 0 heterocycles. The number of carbonyl (C=O) groups is 1. The molecule has 0 amide bonds. The van der Waals surface area contributed by atoms with Gasteiger partial charge in [0.05, 0.1) is 19.1 Å². The lowest BCUT2D eigenvalue weighted by Crippen LogP contribution is -2.08. The molecule has 1 aliphatic rings. The van der Waals surface area contributed by atoms with Gasteiger partial charge in [-0.05, 0) is 18.2 Å². The van der Waals surface area contributed by atoms with E-state index in [2.05, 4.69) is 0 Å². The van der Waals surface area contributed by atoms with Crippen LogP contribution < -0.4 is 9.47 Å². The summed E-state index contributed by atoms with van der Waals surface area (Å²) in [6.07, 6.45) is -1.47. The first kappa shape index (κ1) is 15.2. The first-order valence-electron chi connectivity index (χ1n) is 5.90. The Kier molecular flexibility index (Phi) is 4.69. The fourth-order valence-corrected chi connectivity index (χ4v) is 1.37. The second kappa shape index (κ2) is 5.86. The molecule has 0 aromatic heterocycles. The van der Waals surface area contributed by atoms with Gasteiger partial charge in [0.25, 0.3) is 5.92 Å². The van der Waals surface area contributed by atoms with Crippen LogP contribution in [0.25, 0.3) is 0 Å². The maximum absolute atomic E-state index is 12.7. The number of carboxylic acid groups (broad SMARTS) is 1. The summed E-state index contributed by atoms with van der Waals surface area (Å²) < 4.78 is 35.3. The van der Waals surface area contributed by atoms with Crippen LogP contribution in [-0.2, 0) is 0 Å². The molecule has 2 rings (SSSR count). The Hall–Kier alpha value is -1.85. The highest BCUT2D eigenvalue weighted by Crippen LogP contribution is 2.46. The molecule has 0 saturated heterocycles. The molecule has 1 unspecified atom stereocenters. The van der Waals surface area contributed by atoms with E-state index in [0.717, 1.165) is 0 Å². The van der Waals surface area contributed by atoms with Crippen molar-refractivity contribution in [3.63, 3.8) is 0 Å². The summed E-state index contributed by atoms with van der Waals surface area (Å²) in [7, 11) is 1.32. The molecule has 0 spiro atoms. The Labute approximate surface area is 109 Å². The van der Waals surface area contributed by atoms with E-state index in [0.29, 0.717) is 0 Å². The number of hydrogen-bond donors (Lipinski definition) is 1. The summed E-state index contributed by atoms with van der Waals surface area (Å²) in [5.41, 5.74) is 0.0109. The van der Waals surface area contributed by atoms with Gasteiger partial charge in [-0.3, -0.25) is 0 Å². The summed E-state index contributed by atoms with van der Waals surface area (Å²) in [6.45, 7) is 4.00. The first-order chi connectivity index (χ1) is 8.94. The van der Waals surface area contributed by atoms with E-state index in [1.165, 1.54) is 25.3 Å². The number of ether oxygens (including phenoxy) is 2. The largest absolute Gasteiger partial charge is 0.493 e. The minimum Gasteiger partial charge on any atom is -0.493 e. The summed E-state index contributed by atoms with van der Waals surface area (Å²) in [6, 6.07) is 3.83. The maximum atomic E-state index is 12.7. The number of carboxylic acids is 1. The smallest absolute Gasteiger partial charge is 0.335 e. The Morgan fingerprint density at radius 2 is 1.95 bits per heavy atom. The number of methoxy groups -OCH3 is 1. The number of rotatable bonds is 4. The van der Waals surface area contributed by atoms with E-state index in [1.807, 2.05) is 13.8 Å². The molecular weight excluding hydrogens is 258 g/mol. The van der Waals surface area contributed by atoms with Crippen molar-refractivity contribution >= 4 is 5.97 Å². The Balaban J connectivity index is 0.000000861. The Morgan fingerprint density at radius 3 is 2.37 bits per heavy atom. The van der Waals surface area contributed by atoms with Crippen LogP contribution in [0.5, 0.6) is 11.5 Å². The van der Waals surface area contributed by atoms with Crippen molar-refractivity contribution in [2.75, 3.05) is 7.11 Å². The lowest BCUT2D eigenvalue weighted by atomic mass is 10.2. The first-order valence-corrected chi connectivity index (χ1v) is 5.90. The zero-order valence-corrected chi connectivity index (χ0v) is 10.9. The topological polar surface area (TPSA) is 55.8 Å². The Morgan fingerprint density at radius 1 is 1.37 bits per heavy atom. The van der Waals surface area contributed by atoms with E-state index < -0.39 is 18.0 Å². The molecule has 19 heavy (non-hydrogen) atoms. The van der Waals surface area contributed by atoms with Crippen molar-refractivity contribution in [1.82, 2.24) is 0 Å². The summed E-state index contributed by atoms with van der Waals surface area (Å²) in [4.78, 5) is 10.7. The lowest BCUT2D eigenvalue weighted by molar-refractivity contribution is 0.0650. The third kappa shape index (κ3) is 3.56. The van der Waals surface area contributed by atoms with Gasteiger partial charge in [0.1, 0.15) is 0 Å². The monoisotopic (exact) mass is 274 g/mol. The van der Waals surface area contributed by atoms with Crippen LogP contribution >= 0.6 is 0 Å². The van der Waals surface area contributed by atoms with E-state index in [1.54, 1.807) is 0 Å². The zero-order chi connectivity index (χ0) is 14.6.